The number of nitrogens with zero attached hydrogens (tertiary/aromatic N) is 4. The molecule has 0 unspecified atom stereocenters. The zero-order valence-corrected chi connectivity index (χ0v) is 25.0. The minimum atomic E-state index is -1.04. The van der Waals surface area contributed by atoms with Gasteiger partial charge in [0.15, 0.2) is 0 Å². The van der Waals surface area contributed by atoms with Crippen LogP contribution in [0.25, 0.3) is 0 Å². The van der Waals surface area contributed by atoms with Crippen LogP contribution in [0.4, 0.5) is 9.59 Å². The first kappa shape index (κ1) is 30.4. The summed E-state index contributed by atoms with van der Waals surface area (Å²) in [6.45, 7) is 14.0. The van der Waals surface area contributed by atoms with Gasteiger partial charge >= 0.3 is 24.1 Å². The van der Waals surface area contributed by atoms with Crippen molar-refractivity contribution in [3.05, 3.63) is 0 Å². The van der Waals surface area contributed by atoms with Crippen molar-refractivity contribution in [3.8, 4) is 0 Å². The van der Waals surface area contributed by atoms with Gasteiger partial charge in [0.25, 0.3) is 0 Å². The fourth-order valence-corrected chi connectivity index (χ4v) is 6.25. The molecular weight excluding hydrogens is 520 g/mol. The van der Waals surface area contributed by atoms with Crippen molar-refractivity contribution in [1.29, 1.82) is 0 Å². The molecule has 4 heterocycles. The molecule has 12 nitrogen and oxygen atoms in total. The molecule has 226 valence electrons. The molecule has 0 aromatic rings. The van der Waals surface area contributed by atoms with Gasteiger partial charge in [-0.25, -0.2) is 19.2 Å². The van der Waals surface area contributed by atoms with Gasteiger partial charge < -0.3 is 28.9 Å². The first-order valence-corrected chi connectivity index (χ1v) is 14.6. The van der Waals surface area contributed by atoms with Crippen LogP contribution in [-0.4, -0.2) is 106 Å². The molecule has 0 radical (unpaired) electrons. The van der Waals surface area contributed by atoms with Crippen LogP contribution >= 0.6 is 0 Å². The molecule has 0 aliphatic carbocycles. The summed E-state index contributed by atoms with van der Waals surface area (Å²) >= 11 is 0. The van der Waals surface area contributed by atoms with Gasteiger partial charge in [0.2, 0.25) is 0 Å². The van der Waals surface area contributed by atoms with Crippen molar-refractivity contribution >= 4 is 24.1 Å². The molecule has 0 saturated carbocycles. The zero-order chi connectivity index (χ0) is 29.3. The Labute approximate surface area is 237 Å². The van der Waals surface area contributed by atoms with Crippen LogP contribution in [-0.2, 0) is 28.7 Å². The maximum absolute atomic E-state index is 12.9. The molecule has 0 N–H and O–H groups in total. The molecule has 4 aliphatic rings. The number of ether oxygens (including phenoxy) is 2. The third-order valence-corrected chi connectivity index (χ3v) is 8.31. The second-order valence-corrected chi connectivity index (χ2v) is 13.6. The standard InChI is InChI=1S/C28H46N4O8/c1-25(2,3)37-23(35)29-17-11-27(12-18-29)9-7-15-31(27)39-21(33)22(34)40-32-16-8-10-28(32)13-19-30(20-14-28)24(36)38-26(4,5)6/h7-20H2,1-6H3. The number of piperidine rings is 2. The van der Waals surface area contributed by atoms with Gasteiger partial charge in [-0.15, -0.1) is 10.1 Å². The van der Waals surface area contributed by atoms with Crippen LogP contribution in [0.5, 0.6) is 0 Å². The van der Waals surface area contributed by atoms with Crippen molar-refractivity contribution in [2.24, 2.45) is 0 Å². The fraction of sp³-hybridized carbons (Fsp3) is 0.857. The summed E-state index contributed by atoms with van der Waals surface area (Å²) in [7, 11) is 0. The summed E-state index contributed by atoms with van der Waals surface area (Å²) in [5.41, 5.74) is -1.94. The average molecular weight is 567 g/mol. The predicted octanol–water partition coefficient (Wildman–Crippen LogP) is 3.63. The lowest BCUT2D eigenvalue weighted by Crippen LogP contribution is -2.55. The molecule has 2 amide bonds. The van der Waals surface area contributed by atoms with E-state index in [1.54, 1.807) is 19.9 Å². The molecule has 2 spiro atoms. The van der Waals surface area contributed by atoms with Crippen LogP contribution in [0.3, 0.4) is 0 Å². The minimum absolute atomic E-state index is 0.344. The normalized spacial score (nSPS) is 23.4. The highest BCUT2D eigenvalue weighted by atomic mass is 16.8. The van der Waals surface area contributed by atoms with E-state index in [2.05, 4.69) is 0 Å². The Kier molecular flexibility index (Phi) is 8.61. The number of amides is 2. The van der Waals surface area contributed by atoms with Crippen molar-refractivity contribution in [1.82, 2.24) is 19.9 Å². The minimum Gasteiger partial charge on any atom is -0.444 e. The number of hydrogen-bond acceptors (Lipinski definition) is 10. The monoisotopic (exact) mass is 566 g/mol. The Morgan fingerprint density at radius 1 is 0.525 bits per heavy atom. The number of hydroxylamine groups is 4. The van der Waals surface area contributed by atoms with Crippen molar-refractivity contribution in [3.63, 3.8) is 0 Å². The number of hydrogen-bond donors (Lipinski definition) is 0. The third-order valence-electron chi connectivity index (χ3n) is 8.31. The molecule has 4 saturated heterocycles. The van der Waals surface area contributed by atoms with E-state index in [0.717, 1.165) is 25.7 Å². The van der Waals surface area contributed by atoms with Gasteiger partial charge in [-0.1, -0.05) is 0 Å². The van der Waals surface area contributed by atoms with Gasteiger partial charge in [0.05, 0.1) is 11.1 Å². The van der Waals surface area contributed by atoms with Gasteiger partial charge in [-0.2, -0.15) is 0 Å². The first-order chi connectivity index (χ1) is 18.6. The molecule has 4 fully saturated rings. The van der Waals surface area contributed by atoms with Gasteiger partial charge in [-0.3, -0.25) is 0 Å². The Morgan fingerprint density at radius 3 is 1.15 bits per heavy atom. The second-order valence-electron chi connectivity index (χ2n) is 13.6. The zero-order valence-electron chi connectivity index (χ0n) is 25.0. The summed E-state index contributed by atoms with van der Waals surface area (Å²) in [6.07, 6.45) is 5.11. The van der Waals surface area contributed by atoms with E-state index in [1.165, 1.54) is 0 Å². The van der Waals surface area contributed by atoms with E-state index in [0.29, 0.717) is 65.0 Å². The molecule has 0 atom stereocenters. The van der Waals surface area contributed by atoms with Gasteiger partial charge in [0.1, 0.15) is 11.2 Å². The molecular formula is C28H46N4O8. The van der Waals surface area contributed by atoms with Crippen LogP contribution in [0.15, 0.2) is 0 Å². The summed E-state index contributed by atoms with van der Waals surface area (Å²) in [4.78, 5) is 65.3. The quantitative estimate of drug-likeness (QED) is 0.459. The van der Waals surface area contributed by atoms with E-state index < -0.39 is 34.2 Å². The largest absolute Gasteiger partial charge is 0.444 e. The molecule has 0 aromatic carbocycles. The third kappa shape index (κ3) is 6.99. The smallest absolute Gasteiger partial charge is 0.438 e. The summed E-state index contributed by atoms with van der Waals surface area (Å²) in [5, 5.41) is 3.25. The highest BCUT2D eigenvalue weighted by Crippen LogP contribution is 2.40. The Hall–Kier alpha value is -2.60. The van der Waals surface area contributed by atoms with E-state index >= 15 is 0 Å². The maximum atomic E-state index is 12.9. The molecule has 0 aromatic heterocycles. The topological polar surface area (TPSA) is 118 Å². The van der Waals surface area contributed by atoms with E-state index in [9.17, 15) is 19.2 Å². The Bertz CT molecular complexity index is 894. The average Bonchev–Trinajstić information content (AvgIpc) is 3.41. The van der Waals surface area contributed by atoms with Crippen molar-refractivity contribution in [2.45, 2.75) is 115 Å². The molecule has 4 aliphatic heterocycles. The summed E-state index contributed by atoms with van der Waals surface area (Å²) in [6, 6.07) is 0. The number of rotatable bonds is 2. The second kappa shape index (κ2) is 11.3. The van der Waals surface area contributed by atoms with Crippen LogP contribution in [0.1, 0.15) is 92.9 Å². The van der Waals surface area contributed by atoms with E-state index in [4.69, 9.17) is 19.1 Å². The number of likely N-dealkylation sites (tertiary alicyclic amines) is 2. The van der Waals surface area contributed by atoms with Gasteiger partial charge in [-0.05, 0) is 92.9 Å². The Morgan fingerprint density at radius 2 is 0.850 bits per heavy atom. The number of carbonyl (C=O) groups is 4. The van der Waals surface area contributed by atoms with Crippen molar-refractivity contribution < 1.29 is 38.3 Å². The lowest BCUT2D eigenvalue weighted by atomic mass is 9.86. The maximum Gasteiger partial charge on any atom is 0.438 e. The van der Waals surface area contributed by atoms with Crippen LogP contribution < -0.4 is 0 Å². The SMILES string of the molecule is CC(C)(C)OC(=O)N1CCC2(CCCN2OC(=O)C(=O)ON2CCCC23CCN(C(=O)OC(C)(C)C)CC3)CC1. The van der Waals surface area contributed by atoms with E-state index in [-0.39, 0.29) is 12.2 Å². The highest BCUT2D eigenvalue weighted by Gasteiger charge is 2.49. The summed E-state index contributed by atoms with van der Waals surface area (Å²) in [5.74, 6) is -2.08. The van der Waals surface area contributed by atoms with E-state index in [1.807, 2.05) is 41.5 Å². The molecule has 40 heavy (non-hydrogen) atoms. The lowest BCUT2D eigenvalue weighted by Gasteiger charge is -2.44. The van der Waals surface area contributed by atoms with Gasteiger partial charge in [0, 0.05) is 39.3 Å². The first-order valence-electron chi connectivity index (χ1n) is 14.6. The molecule has 12 heteroatoms. The highest BCUT2D eigenvalue weighted by molar-refractivity contribution is 6.29. The summed E-state index contributed by atoms with van der Waals surface area (Å²) < 4.78 is 11.0. The number of carbonyl (C=O) groups excluding carboxylic acids is 4. The van der Waals surface area contributed by atoms with Crippen LogP contribution in [0, 0.1) is 0 Å². The molecule has 4 rings (SSSR count). The molecule has 0 bridgehead atoms. The predicted molar refractivity (Wildman–Crippen MR) is 144 cm³/mol. The Balaban J connectivity index is 1.28. The lowest BCUT2D eigenvalue weighted by molar-refractivity contribution is -0.241. The van der Waals surface area contributed by atoms with Crippen LogP contribution in [0.2, 0.25) is 0 Å². The van der Waals surface area contributed by atoms with Crippen molar-refractivity contribution in [2.75, 3.05) is 39.3 Å². The fourth-order valence-electron chi connectivity index (χ4n) is 6.25.